The topological polar surface area (TPSA) is 65.4 Å². The fourth-order valence-electron chi connectivity index (χ4n) is 2.79. The van der Waals surface area contributed by atoms with Gasteiger partial charge >= 0.3 is 0 Å². The summed E-state index contributed by atoms with van der Waals surface area (Å²) in [4.78, 5) is 19.3. The third kappa shape index (κ3) is 1.78. The maximum Gasteiger partial charge on any atom is 0.280 e. The van der Waals surface area contributed by atoms with Gasteiger partial charge in [0.15, 0.2) is 5.88 Å². The fourth-order valence-corrected chi connectivity index (χ4v) is 2.79. The standard InChI is InChI=1S/C18H12N2O2/c21-17-13(11-7-3-1-4-8-11)15-16(20-17)14(18(22)19-15)12-9-5-2-6-10-12/h1-10,19,22H. The lowest BCUT2D eigenvalue weighted by molar-refractivity contribution is -0.112. The predicted octanol–water partition coefficient (Wildman–Crippen LogP) is 1.75. The van der Waals surface area contributed by atoms with Crippen LogP contribution in [0.4, 0.5) is 0 Å². The quantitative estimate of drug-likeness (QED) is 0.754. The zero-order valence-corrected chi connectivity index (χ0v) is 11.6. The number of hydrogen-bond acceptors (Lipinski definition) is 2. The Kier molecular flexibility index (Phi) is 2.69. The highest BCUT2D eigenvalue weighted by molar-refractivity contribution is 6.21. The Morgan fingerprint density at radius 2 is 1.45 bits per heavy atom. The molecule has 0 unspecified atom stereocenters. The van der Waals surface area contributed by atoms with E-state index >= 15 is 0 Å². The first kappa shape index (κ1) is 12.6. The largest absolute Gasteiger partial charge is 0.494 e. The SMILES string of the molecule is O=C1N=c2c(-c3ccccc3)c(O)[nH]c2=C1c1ccccc1. The van der Waals surface area contributed by atoms with Crippen molar-refractivity contribution in [2.45, 2.75) is 0 Å². The van der Waals surface area contributed by atoms with Crippen molar-refractivity contribution in [2.75, 3.05) is 0 Å². The van der Waals surface area contributed by atoms with Crippen molar-refractivity contribution in [3.63, 3.8) is 0 Å². The van der Waals surface area contributed by atoms with Gasteiger partial charge in [-0.3, -0.25) is 4.79 Å². The van der Waals surface area contributed by atoms with E-state index in [0.717, 1.165) is 11.1 Å². The average Bonchev–Trinajstić information content (AvgIpc) is 3.01. The summed E-state index contributed by atoms with van der Waals surface area (Å²) < 4.78 is 0. The number of carbonyl (C=O) groups is 1. The highest BCUT2D eigenvalue weighted by Crippen LogP contribution is 2.24. The molecule has 1 aliphatic rings. The minimum atomic E-state index is -0.287. The molecule has 3 aromatic rings. The Morgan fingerprint density at radius 3 is 2.09 bits per heavy atom. The lowest BCUT2D eigenvalue weighted by Gasteiger charge is -1.99. The second kappa shape index (κ2) is 4.70. The molecule has 1 amide bonds. The van der Waals surface area contributed by atoms with Gasteiger partial charge in [0.05, 0.1) is 16.5 Å². The zero-order chi connectivity index (χ0) is 15.1. The molecule has 4 nitrogen and oxygen atoms in total. The van der Waals surface area contributed by atoms with Crippen molar-refractivity contribution < 1.29 is 9.90 Å². The number of benzene rings is 2. The summed E-state index contributed by atoms with van der Waals surface area (Å²) >= 11 is 0. The second-order valence-corrected chi connectivity index (χ2v) is 5.10. The Labute approximate surface area is 126 Å². The molecule has 0 saturated heterocycles. The van der Waals surface area contributed by atoms with E-state index in [0.29, 0.717) is 21.8 Å². The maximum absolute atomic E-state index is 12.3. The molecule has 22 heavy (non-hydrogen) atoms. The van der Waals surface area contributed by atoms with Crippen LogP contribution in [-0.2, 0) is 4.79 Å². The number of fused-ring (bicyclic) bond motifs is 1. The molecule has 2 heterocycles. The summed E-state index contributed by atoms with van der Waals surface area (Å²) in [6, 6.07) is 18.8. The van der Waals surface area contributed by atoms with Crippen LogP contribution in [0.5, 0.6) is 5.88 Å². The molecule has 1 aromatic heterocycles. The molecule has 2 aromatic carbocycles. The first-order chi connectivity index (χ1) is 10.8. The van der Waals surface area contributed by atoms with Crippen LogP contribution in [-0.4, -0.2) is 16.0 Å². The van der Waals surface area contributed by atoms with Crippen LogP contribution >= 0.6 is 0 Å². The van der Waals surface area contributed by atoms with Gasteiger partial charge in [-0.25, -0.2) is 4.99 Å². The van der Waals surface area contributed by atoms with E-state index in [1.807, 2.05) is 60.7 Å². The van der Waals surface area contributed by atoms with Crippen molar-refractivity contribution >= 4 is 11.5 Å². The minimum Gasteiger partial charge on any atom is -0.494 e. The van der Waals surface area contributed by atoms with Gasteiger partial charge in [-0.1, -0.05) is 60.7 Å². The smallest absolute Gasteiger partial charge is 0.280 e. The van der Waals surface area contributed by atoms with Gasteiger partial charge in [-0.15, -0.1) is 0 Å². The Hall–Kier alpha value is -3.14. The first-order valence-electron chi connectivity index (χ1n) is 6.95. The molecular formula is C18H12N2O2. The number of aromatic nitrogens is 1. The lowest BCUT2D eigenvalue weighted by Crippen LogP contribution is -2.22. The average molecular weight is 288 g/mol. The normalized spacial score (nSPS) is 13.1. The van der Waals surface area contributed by atoms with E-state index in [1.54, 1.807) is 0 Å². The van der Waals surface area contributed by atoms with Crippen molar-refractivity contribution in [1.29, 1.82) is 0 Å². The molecule has 0 atom stereocenters. The fraction of sp³-hybridized carbons (Fsp3) is 0. The van der Waals surface area contributed by atoms with Crippen LogP contribution in [0.25, 0.3) is 16.7 Å². The zero-order valence-electron chi connectivity index (χ0n) is 11.6. The predicted molar refractivity (Wildman–Crippen MR) is 82.6 cm³/mol. The number of H-pyrrole nitrogens is 1. The minimum absolute atomic E-state index is 0.0286. The summed E-state index contributed by atoms with van der Waals surface area (Å²) in [5.74, 6) is -0.259. The number of nitrogens with zero attached hydrogens (tertiary/aromatic N) is 1. The van der Waals surface area contributed by atoms with Crippen molar-refractivity contribution in [3.05, 3.63) is 76.9 Å². The summed E-state index contributed by atoms with van der Waals surface area (Å²) in [6.45, 7) is 0. The molecule has 0 spiro atoms. The Balaban J connectivity index is 2.06. The van der Waals surface area contributed by atoms with E-state index in [9.17, 15) is 9.90 Å². The van der Waals surface area contributed by atoms with E-state index in [4.69, 9.17) is 0 Å². The third-order valence-electron chi connectivity index (χ3n) is 3.76. The van der Waals surface area contributed by atoms with Gasteiger partial charge in [-0.05, 0) is 11.1 Å². The molecule has 0 bridgehead atoms. The second-order valence-electron chi connectivity index (χ2n) is 5.10. The number of aromatic amines is 1. The summed E-state index contributed by atoms with van der Waals surface area (Å²) in [6.07, 6.45) is 0. The van der Waals surface area contributed by atoms with Crippen LogP contribution in [0.3, 0.4) is 0 Å². The van der Waals surface area contributed by atoms with E-state index in [1.165, 1.54) is 0 Å². The van der Waals surface area contributed by atoms with Gasteiger partial charge in [0, 0.05) is 0 Å². The monoisotopic (exact) mass is 288 g/mol. The van der Waals surface area contributed by atoms with Gasteiger partial charge in [0.1, 0.15) is 5.36 Å². The number of amides is 1. The lowest BCUT2D eigenvalue weighted by atomic mass is 10.1. The number of aromatic hydroxyl groups is 1. The van der Waals surface area contributed by atoms with Crippen LogP contribution in [0.1, 0.15) is 5.56 Å². The molecule has 0 fully saturated rings. The Bertz CT molecular complexity index is 987. The van der Waals surface area contributed by atoms with Crippen molar-refractivity contribution in [2.24, 2.45) is 4.99 Å². The van der Waals surface area contributed by atoms with Gasteiger partial charge in [-0.2, -0.15) is 0 Å². The summed E-state index contributed by atoms with van der Waals surface area (Å²) in [7, 11) is 0. The third-order valence-corrected chi connectivity index (χ3v) is 3.76. The van der Waals surface area contributed by atoms with Crippen molar-refractivity contribution in [3.8, 4) is 17.0 Å². The van der Waals surface area contributed by atoms with E-state index < -0.39 is 0 Å². The maximum atomic E-state index is 12.3. The first-order valence-corrected chi connectivity index (χ1v) is 6.95. The van der Waals surface area contributed by atoms with Crippen molar-refractivity contribution in [1.82, 2.24) is 4.98 Å². The highest BCUT2D eigenvalue weighted by Gasteiger charge is 2.24. The van der Waals surface area contributed by atoms with Gasteiger partial charge < -0.3 is 10.1 Å². The molecule has 2 N–H and O–H groups in total. The van der Waals surface area contributed by atoms with Gasteiger partial charge in [0.25, 0.3) is 5.91 Å². The molecule has 4 rings (SSSR count). The molecule has 0 aliphatic carbocycles. The molecule has 106 valence electrons. The summed E-state index contributed by atoms with van der Waals surface area (Å²) in [5, 5.41) is 11.3. The number of nitrogens with one attached hydrogen (secondary N) is 1. The highest BCUT2D eigenvalue weighted by atomic mass is 16.3. The van der Waals surface area contributed by atoms with Crippen LogP contribution < -0.4 is 10.7 Å². The molecule has 4 heteroatoms. The van der Waals surface area contributed by atoms with E-state index in [2.05, 4.69) is 9.98 Å². The molecule has 0 saturated carbocycles. The molecule has 1 aliphatic heterocycles. The number of carbonyl (C=O) groups excluding carboxylic acids is 1. The molecule has 0 radical (unpaired) electrons. The molecular weight excluding hydrogens is 276 g/mol. The number of hydrogen-bond donors (Lipinski definition) is 2. The number of rotatable bonds is 2. The van der Waals surface area contributed by atoms with Crippen LogP contribution in [0, 0.1) is 0 Å². The van der Waals surface area contributed by atoms with E-state index in [-0.39, 0.29) is 11.8 Å². The Morgan fingerprint density at radius 1 is 0.864 bits per heavy atom. The summed E-state index contributed by atoms with van der Waals surface area (Å²) in [5.41, 5.74) is 2.67. The van der Waals surface area contributed by atoms with Crippen LogP contribution in [0.2, 0.25) is 0 Å². The van der Waals surface area contributed by atoms with Gasteiger partial charge in [0.2, 0.25) is 0 Å². The van der Waals surface area contributed by atoms with Crippen LogP contribution in [0.15, 0.2) is 65.7 Å².